The van der Waals surface area contributed by atoms with E-state index in [4.69, 9.17) is 5.73 Å². The van der Waals surface area contributed by atoms with Gasteiger partial charge in [0.15, 0.2) is 0 Å². The second-order valence-electron chi connectivity index (χ2n) is 4.23. The second kappa shape index (κ2) is 4.03. The lowest BCUT2D eigenvalue weighted by Gasteiger charge is -2.23. The van der Waals surface area contributed by atoms with Crippen molar-refractivity contribution in [2.75, 3.05) is 18.0 Å². The van der Waals surface area contributed by atoms with Crippen LogP contribution in [0.2, 0.25) is 0 Å². The average Bonchev–Trinajstić information content (AvgIpc) is 2.94. The maximum atomic E-state index is 5.81. The molecule has 1 fully saturated rings. The van der Waals surface area contributed by atoms with E-state index in [2.05, 4.69) is 33.5 Å². The van der Waals surface area contributed by atoms with E-state index in [0.29, 0.717) is 6.04 Å². The number of benzene rings is 1. The Kier molecular flexibility index (Phi) is 2.53. The minimum atomic E-state index is 0.477. The monoisotopic (exact) mass is 233 g/mol. The molecule has 2 N–H and O–H groups in total. The molecule has 0 aliphatic carbocycles. The van der Waals surface area contributed by atoms with E-state index in [1.54, 1.807) is 11.5 Å². The van der Waals surface area contributed by atoms with Crippen LogP contribution in [0.1, 0.15) is 12.8 Å². The second-order valence-corrected chi connectivity index (χ2v) is 5.03. The Morgan fingerprint density at radius 2 is 2.31 bits per heavy atom. The van der Waals surface area contributed by atoms with Gasteiger partial charge in [-0.25, -0.2) is 0 Å². The Morgan fingerprint density at radius 3 is 3.19 bits per heavy atom. The molecule has 84 valence electrons. The van der Waals surface area contributed by atoms with Crippen LogP contribution in [0.15, 0.2) is 24.3 Å². The fraction of sp³-hybridized carbons (Fsp3) is 0.417. The third-order valence-corrected chi connectivity index (χ3v) is 4.10. The maximum Gasteiger partial charge on any atom is 0.150 e. The van der Waals surface area contributed by atoms with Gasteiger partial charge in [0.1, 0.15) is 5.82 Å². The Balaban J connectivity index is 2.05. The zero-order chi connectivity index (χ0) is 11.0. The normalized spacial score (nSPS) is 20.8. The van der Waals surface area contributed by atoms with Crippen LogP contribution in [0.25, 0.3) is 10.1 Å². The largest absolute Gasteiger partial charge is 0.351 e. The van der Waals surface area contributed by atoms with Crippen molar-refractivity contribution >= 4 is 27.4 Å². The molecule has 0 amide bonds. The molecular formula is C12H15N3S. The molecule has 0 bridgehead atoms. The number of fused-ring (bicyclic) bond motifs is 1. The Labute approximate surface area is 99.0 Å². The van der Waals surface area contributed by atoms with E-state index in [9.17, 15) is 0 Å². The van der Waals surface area contributed by atoms with Gasteiger partial charge in [0.2, 0.25) is 0 Å². The Bertz CT molecular complexity index is 494. The van der Waals surface area contributed by atoms with Crippen molar-refractivity contribution in [3.63, 3.8) is 0 Å². The van der Waals surface area contributed by atoms with Gasteiger partial charge in [-0.1, -0.05) is 12.1 Å². The number of nitrogens with two attached hydrogens (primary N) is 1. The smallest absolute Gasteiger partial charge is 0.150 e. The van der Waals surface area contributed by atoms with Gasteiger partial charge >= 0.3 is 0 Å². The molecule has 2 aromatic rings. The SMILES string of the molecule is NCC1CCCN1c1nsc2ccccc12. The molecule has 1 aliphatic heterocycles. The summed E-state index contributed by atoms with van der Waals surface area (Å²) in [7, 11) is 0. The molecule has 1 aliphatic rings. The highest BCUT2D eigenvalue weighted by atomic mass is 32.1. The van der Waals surface area contributed by atoms with Crippen molar-refractivity contribution < 1.29 is 0 Å². The van der Waals surface area contributed by atoms with Crippen LogP contribution in [0.3, 0.4) is 0 Å². The summed E-state index contributed by atoms with van der Waals surface area (Å²) in [5.74, 6) is 1.13. The summed E-state index contributed by atoms with van der Waals surface area (Å²) in [6, 6.07) is 8.90. The first-order valence-corrected chi connectivity index (χ1v) is 6.48. The van der Waals surface area contributed by atoms with Crippen molar-refractivity contribution in [1.29, 1.82) is 0 Å². The van der Waals surface area contributed by atoms with Gasteiger partial charge in [0.25, 0.3) is 0 Å². The highest BCUT2D eigenvalue weighted by molar-refractivity contribution is 7.13. The van der Waals surface area contributed by atoms with Crippen LogP contribution in [0.5, 0.6) is 0 Å². The number of aromatic nitrogens is 1. The molecule has 16 heavy (non-hydrogen) atoms. The molecule has 1 unspecified atom stereocenters. The van der Waals surface area contributed by atoms with Crippen molar-refractivity contribution in [3.05, 3.63) is 24.3 Å². The number of hydrogen-bond acceptors (Lipinski definition) is 4. The summed E-state index contributed by atoms with van der Waals surface area (Å²) in [4.78, 5) is 2.37. The van der Waals surface area contributed by atoms with Crippen molar-refractivity contribution in [2.45, 2.75) is 18.9 Å². The molecule has 1 saturated heterocycles. The van der Waals surface area contributed by atoms with Crippen LogP contribution in [-0.2, 0) is 0 Å². The quantitative estimate of drug-likeness (QED) is 0.865. The minimum Gasteiger partial charge on any atom is -0.351 e. The van der Waals surface area contributed by atoms with Crippen LogP contribution in [-0.4, -0.2) is 23.5 Å². The predicted molar refractivity (Wildman–Crippen MR) is 69.0 cm³/mol. The highest BCUT2D eigenvalue weighted by Crippen LogP contribution is 2.33. The van der Waals surface area contributed by atoms with Gasteiger partial charge in [-0.05, 0) is 36.5 Å². The third kappa shape index (κ3) is 1.49. The van der Waals surface area contributed by atoms with Crippen LogP contribution in [0, 0.1) is 0 Å². The van der Waals surface area contributed by atoms with Crippen LogP contribution < -0.4 is 10.6 Å². The maximum absolute atomic E-state index is 5.81. The molecule has 3 nitrogen and oxygen atoms in total. The standard InChI is InChI=1S/C12H15N3S/c13-8-9-4-3-7-15(9)12-10-5-1-2-6-11(10)16-14-12/h1-2,5-6,9H,3-4,7-8,13H2. The summed E-state index contributed by atoms with van der Waals surface area (Å²) < 4.78 is 5.85. The molecule has 3 rings (SSSR count). The zero-order valence-corrected chi connectivity index (χ0v) is 9.91. The van der Waals surface area contributed by atoms with Gasteiger partial charge in [-0.3, -0.25) is 0 Å². The van der Waals surface area contributed by atoms with Crippen molar-refractivity contribution in [2.24, 2.45) is 5.73 Å². The lowest BCUT2D eigenvalue weighted by molar-refractivity contribution is 0.675. The van der Waals surface area contributed by atoms with E-state index in [1.807, 2.05) is 0 Å². The van der Waals surface area contributed by atoms with Gasteiger partial charge in [0.05, 0.1) is 4.70 Å². The average molecular weight is 233 g/mol. The summed E-state index contributed by atoms with van der Waals surface area (Å²) in [6.45, 7) is 1.82. The van der Waals surface area contributed by atoms with Gasteiger partial charge < -0.3 is 10.6 Å². The zero-order valence-electron chi connectivity index (χ0n) is 9.10. The molecule has 1 atom stereocenters. The molecule has 0 radical (unpaired) electrons. The van der Waals surface area contributed by atoms with E-state index in [-0.39, 0.29) is 0 Å². The number of anilines is 1. The molecular weight excluding hydrogens is 218 g/mol. The summed E-state index contributed by atoms with van der Waals surface area (Å²) in [6.07, 6.45) is 2.43. The first kappa shape index (κ1) is 10.1. The first-order valence-electron chi connectivity index (χ1n) is 5.71. The topological polar surface area (TPSA) is 42.1 Å². The van der Waals surface area contributed by atoms with E-state index in [0.717, 1.165) is 18.9 Å². The van der Waals surface area contributed by atoms with Crippen LogP contribution in [0.4, 0.5) is 5.82 Å². The number of nitrogens with zero attached hydrogens (tertiary/aromatic N) is 2. The molecule has 1 aromatic heterocycles. The molecule has 0 saturated carbocycles. The fourth-order valence-corrected chi connectivity index (χ4v) is 3.22. The number of hydrogen-bond donors (Lipinski definition) is 1. The lowest BCUT2D eigenvalue weighted by atomic mass is 10.2. The first-order chi connectivity index (χ1) is 7.90. The molecule has 4 heteroatoms. The molecule has 1 aromatic carbocycles. The van der Waals surface area contributed by atoms with Crippen molar-refractivity contribution in [3.8, 4) is 0 Å². The Hall–Kier alpha value is -1.13. The van der Waals surface area contributed by atoms with E-state index < -0.39 is 0 Å². The lowest BCUT2D eigenvalue weighted by Crippen LogP contribution is -2.35. The Morgan fingerprint density at radius 1 is 1.44 bits per heavy atom. The number of rotatable bonds is 2. The minimum absolute atomic E-state index is 0.477. The predicted octanol–water partition coefficient (Wildman–Crippen LogP) is 2.22. The summed E-state index contributed by atoms with van der Waals surface area (Å²) >= 11 is 1.58. The van der Waals surface area contributed by atoms with Gasteiger partial charge in [0, 0.05) is 24.5 Å². The third-order valence-electron chi connectivity index (χ3n) is 3.28. The highest BCUT2D eigenvalue weighted by Gasteiger charge is 2.26. The van der Waals surface area contributed by atoms with Gasteiger partial charge in [-0.15, -0.1) is 0 Å². The summed E-state index contributed by atoms with van der Waals surface area (Å²) in [5, 5.41) is 1.27. The van der Waals surface area contributed by atoms with Crippen molar-refractivity contribution in [1.82, 2.24) is 4.37 Å². The van der Waals surface area contributed by atoms with E-state index in [1.165, 1.54) is 22.9 Å². The molecule has 2 heterocycles. The molecule has 0 spiro atoms. The van der Waals surface area contributed by atoms with E-state index >= 15 is 0 Å². The van der Waals surface area contributed by atoms with Gasteiger partial charge in [-0.2, -0.15) is 4.37 Å². The summed E-state index contributed by atoms with van der Waals surface area (Å²) in [5.41, 5.74) is 5.81. The van der Waals surface area contributed by atoms with Crippen LogP contribution >= 0.6 is 11.5 Å². The fourth-order valence-electron chi connectivity index (χ4n) is 2.44.